The van der Waals surface area contributed by atoms with E-state index in [1.54, 1.807) is 0 Å². The van der Waals surface area contributed by atoms with E-state index in [1.807, 2.05) is 6.20 Å². The molecule has 0 spiro atoms. The minimum Gasteiger partial charge on any atom is -0.378 e. The van der Waals surface area contributed by atoms with Crippen LogP contribution in [0.2, 0.25) is 0 Å². The number of likely N-dealkylation sites (tertiary alicyclic amines) is 1. The van der Waals surface area contributed by atoms with E-state index in [2.05, 4.69) is 61.4 Å². The molecule has 0 amide bonds. The molecule has 1 atom stereocenters. The SMILES string of the molecule is c1cc(CN2CCCC2)cc(N2CCC[C@@H](Nc3cc(N4CCOCC4)ccn3)C2)c1. The maximum atomic E-state index is 5.49. The summed E-state index contributed by atoms with van der Waals surface area (Å²) in [6.07, 6.45) is 7.01. The summed E-state index contributed by atoms with van der Waals surface area (Å²) in [7, 11) is 0. The number of nitrogens with zero attached hydrogens (tertiary/aromatic N) is 4. The Hall–Kier alpha value is -2.31. The molecule has 3 fully saturated rings. The van der Waals surface area contributed by atoms with Gasteiger partial charge in [-0.15, -0.1) is 0 Å². The van der Waals surface area contributed by atoms with E-state index >= 15 is 0 Å². The standard InChI is InChI=1S/C25H35N5O/c1-2-11-28(10-1)19-21-5-3-7-23(17-21)30-12-4-6-22(20-30)27-25-18-24(8-9-26-25)29-13-15-31-16-14-29/h3,5,7-9,17-18,22H,1-2,4,6,10-16,19-20H2,(H,26,27)/t22-/m1/s1. The summed E-state index contributed by atoms with van der Waals surface area (Å²) in [5, 5.41) is 3.71. The van der Waals surface area contributed by atoms with Crippen molar-refractivity contribution in [2.45, 2.75) is 38.3 Å². The largest absolute Gasteiger partial charge is 0.378 e. The van der Waals surface area contributed by atoms with Crippen molar-refractivity contribution in [1.82, 2.24) is 9.88 Å². The summed E-state index contributed by atoms with van der Waals surface area (Å²) < 4.78 is 5.49. The van der Waals surface area contributed by atoms with Gasteiger partial charge in [-0.3, -0.25) is 4.90 Å². The highest BCUT2D eigenvalue weighted by atomic mass is 16.5. The quantitative estimate of drug-likeness (QED) is 0.769. The highest BCUT2D eigenvalue weighted by Crippen LogP contribution is 2.25. The van der Waals surface area contributed by atoms with Gasteiger partial charge >= 0.3 is 0 Å². The molecule has 0 bridgehead atoms. The van der Waals surface area contributed by atoms with Gasteiger partial charge in [0.15, 0.2) is 0 Å². The molecule has 0 radical (unpaired) electrons. The van der Waals surface area contributed by atoms with E-state index in [9.17, 15) is 0 Å². The third-order valence-corrected chi connectivity index (χ3v) is 6.77. The fourth-order valence-corrected chi connectivity index (χ4v) is 5.11. The number of hydrogen-bond donors (Lipinski definition) is 1. The number of ether oxygens (including phenoxy) is 1. The second-order valence-electron chi connectivity index (χ2n) is 9.08. The van der Waals surface area contributed by atoms with Gasteiger partial charge in [0.1, 0.15) is 5.82 Å². The summed E-state index contributed by atoms with van der Waals surface area (Å²) in [4.78, 5) is 12.1. The lowest BCUT2D eigenvalue weighted by atomic mass is 10.0. The van der Waals surface area contributed by atoms with Gasteiger partial charge in [-0.05, 0) is 62.5 Å². The molecule has 0 aliphatic carbocycles. The second kappa shape index (κ2) is 9.88. The number of piperidine rings is 1. The number of rotatable bonds is 6. The van der Waals surface area contributed by atoms with Crippen molar-refractivity contribution < 1.29 is 4.74 Å². The molecule has 3 saturated heterocycles. The van der Waals surface area contributed by atoms with E-state index in [1.165, 1.54) is 55.7 Å². The van der Waals surface area contributed by atoms with Gasteiger partial charge in [0.05, 0.1) is 13.2 Å². The molecule has 2 aromatic rings. The van der Waals surface area contributed by atoms with Crippen LogP contribution in [0.3, 0.4) is 0 Å². The Balaban J connectivity index is 1.22. The normalized spacial score (nSPS) is 22.6. The highest BCUT2D eigenvalue weighted by molar-refractivity contribution is 5.55. The highest BCUT2D eigenvalue weighted by Gasteiger charge is 2.21. The minimum absolute atomic E-state index is 0.420. The molecule has 31 heavy (non-hydrogen) atoms. The summed E-state index contributed by atoms with van der Waals surface area (Å²) in [5.41, 5.74) is 4.04. The fourth-order valence-electron chi connectivity index (χ4n) is 5.11. The Morgan fingerprint density at radius 3 is 2.61 bits per heavy atom. The molecular weight excluding hydrogens is 386 g/mol. The van der Waals surface area contributed by atoms with Crippen molar-refractivity contribution in [3.05, 3.63) is 48.2 Å². The monoisotopic (exact) mass is 421 g/mol. The van der Waals surface area contributed by atoms with Crippen molar-refractivity contribution in [2.24, 2.45) is 0 Å². The van der Waals surface area contributed by atoms with Gasteiger partial charge in [-0.25, -0.2) is 4.98 Å². The average Bonchev–Trinajstić information content (AvgIpc) is 3.33. The van der Waals surface area contributed by atoms with Crippen LogP contribution in [0.5, 0.6) is 0 Å². The molecule has 3 aliphatic heterocycles. The summed E-state index contributed by atoms with van der Waals surface area (Å²) in [6.45, 7) is 9.25. The van der Waals surface area contributed by atoms with Crippen molar-refractivity contribution in [2.75, 3.05) is 67.6 Å². The van der Waals surface area contributed by atoms with Crippen molar-refractivity contribution in [3.8, 4) is 0 Å². The number of benzene rings is 1. The molecule has 3 aliphatic rings. The number of hydrogen-bond acceptors (Lipinski definition) is 6. The van der Waals surface area contributed by atoms with Crippen LogP contribution >= 0.6 is 0 Å². The van der Waals surface area contributed by atoms with E-state index in [0.29, 0.717) is 6.04 Å². The van der Waals surface area contributed by atoms with Gasteiger partial charge in [0, 0.05) is 62.4 Å². The Bertz CT molecular complexity index is 847. The average molecular weight is 422 g/mol. The topological polar surface area (TPSA) is 43.9 Å². The predicted molar refractivity (Wildman–Crippen MR) is 127 cm³/mol. The molecule has 1 aromatic carbocycles. The zero-order valence-corrected chi connectivity index (χ0v) is 18.5. The molecule has 6 nitrogen and oxygen atoms in total. The van der Waals surface area contributed by atoms with Crippen LogP contribution in [0.4, 0.5) is 17.2 Å². The molecule has 166 valence electrons. The zero-order chi connectivity index (χ0) is 20.9. The number of aromatic nitrogens is 1. The third kappa shape index (κ3) is 5.31. The first-order chi connectivity index (χ1) is 15.3. The first-order valence-electron chi connectivity index (χ1n) is 11.9. The zero-order valence-electron chi connectivity index (χ0n) is 18.5. The Morgan fingerprint density at radius 1 is 0.903 bits per heavy atom. The van der Waals surface area contributed by atoms with Gasteiger partial charge in [0.2, 0.25) is 0 Å². The van der Waals surface area contributed by atoms with Gasteiger partial charge in [-0.1, -0.05) is 12.1 Å². The van der Waals surface area contributed by atoms with E-state index in [-0.39, 0.29) is 0 Å². The Labute approximate surface area is 186 Å². The van der Waals surface area contributed by atoms with Crippen LogP contribution in [0.1, 0.15) is 31.2 Å². The number of nitrogens with one attached hydrogen (secondary N) is 1. The maximum Gasteiger partial charge on any atom is 0.128 e. The molecule has 0 saturated carbocycles. The third-order valence-electron chi connectivity index (χ3n) is 6.77. The summed E-state index contributed by atoms with van der Waals surface area (Å²) >= 11 is 0. The first-order valence-corrected chi connectivity index (χ1v) is 11.9. The lowest BCUT2D eigenvalue weighted by Crippen LogP contribution is -2.42. The van der Waals surface area contributed by atoms with Crippen molar-refractivity contribution in [1.29, 1.82) is 0 Å². The van der Waals surface area contributed by atoms with Gasteiger partial charge in [-0.2, -0.15) is 0 Å². The number of morpholine rings is 1. The minimum atomic E-state index is 0.420. The molecular formula is C25H35N5O. The van der Waals surface area contributed by atoms with Crippen LogP contribution in [0.25, 0.3) is 0 Å². The second-order valence-corrected chi connectivity index (χ2v) is 9.08. The Morgan fingerprint density at radius 2 is 1.74 bits per heavy atom. The molecule has 0 unspecified atom stereocenters. The summed E-state index contributed by atoms with van der Waals surface area (Å²) in [6, 6.07) is 13.9. The molecule has 1 aromatic heterocycles. The van der Waals surface area contributed by atoms with E-state index in [0.717, 1.165) is 51.8 Å². The van der Waals surface area contributed by atoms with Crippen LogP contribution in [0.15, 0.2) is 42.6 Å². The lowest BCUT2D eigenvalue weighted by Gasteiger charge is -2.35. The van der Waals surface area contributed by atoms with Crippen LogP contribution in [-0.2, 0) is 11.3 Å². The van der Waals surface area contributed by atoms with Gasteiger partial charge < -0.3 is 19.9 Å². The van der Waals surface area contributed by atoms with Crippen LogP contribution in [-0.4, -0.2) is 68.4 Å². The lowest BCUT2D eigenvalue weighted by molar-refractivity contribution is 0.122. The fraction of sp³-hybridized carbons (Fsp3) is 0.560. The molecule has 6 heteroatoms. The van der Waals surface area contributed by atoms with Crippen LogP contribution in [0, 0.1) is 0 Å². The molecule has 4 heterocycles. The molecule has 1 N–H and O–H groups in total. The van der Waals surface area contributed by atoms with E-state index < -0.39 is 0 Å². The number of pyridine rings is 1. The van der Waals surface area contributed by atoms with Crippen LogP contribution < -0.4 is 15.1 Å². The molecule has 5 rings (SSSR count). The van der Waals surface area contributed by atoms with Crippen molar-refractivity contribution >= 4 is 17.2 Å². The smallest absolute Gasteiger partial charge is 0.128 e. The summed E-state index contributed by atoms with van der Waals surface area (Å²) in [5.74, 6) is 0.985. The number of anilines is 3. The van der Waals surface area contributed by atoms with Crippen molar-refractivity contribution in [3.63, 3.8) is 0 Å². The first kappa shape index (κ1) is 20.6. The maximum absolute atomic E-state index is 5.49. The van der Waals surface area contributed by atoms with E-state index in [4.69, 9.17) is 4.74 Å². The Kier molecular flexibility index (Phi) is 6.56. The predicted octanol–water partition coefficient (Wildman–Crippen LogP) is 3.59. The van der Waals surface area contributed by atoms with Gasteiger partial charge in [0.25, 0.3) is 0 Å².